The molecule has 7 nitrogen and oxygen atoms in total. The summed E-state index contributed by atoms with van der Waals surface area (Å²) >= 11 is 0. The second-order valence-electron chi connectivity index (χ2n) is 6.77. The van der Waals surface area contributed by atoms with Crippen molar-refractivity contribution < 1.29 is 9.53 Å². The van der Waals surface area contributed by atoms with Crippen LogP contribution in [0.1, 0.15) is 36.4 Å². The van der Waals surface area contributed by atoms with Crippen molar-refractivity contribution in [3.8, 4) is 5.69 Å². The maximum absolute atomic E-state index is 12.2. The SMILES string of the molecule is O=C(CCc1cnn(-c2ccccc2)c1)Nc1cc(C2CCOCC2)[nH]n1. The molecule has 0 unspecified atom stereocenters. The number of carbonyl (C=O) groups is 1. The Kier molecular flexibility index (Phi) is 5.29. The smallest absolute Gasteiger partial charge is 0.225 e. The molecule has 1 aromatic carbocycles. The van der Waals surface area contributed by atoms with E-state index < -0.39 is 0 Å². The Labute approximate surface area is 157 Å². The molecule has 140 valence electrons. The Morgan fingerprint density at radius 1 is 1.26 bits per heavy atom. The van der Waals surface area contributed by atoms with Crippen molar-refractivity contribution in [1.82, 2.24) is 20.0 Å². The van der Waals surface area contributed by atoms with Gasteiger partial charge in [-0.3, -0.25) is 9.89 Å². The average Bonchev–Trinajstić information content (AvgIpc) is 3.37. The summed E-state index contributed by atoms with van der Waals surface area (Å²) in [6.07, 6.45) is 6.76. The van der Waals surface area contributed by atoms with E-state index in [9.17, 15) is 4.79 Å². The van der Waals surface area contributed by atoms with Gasteiger partial charge in [0, 0.05) is 43.5 Å². The maximum atomic E-state index is 12.2. The number of ether oxygens (including phenoxy) is 1. The lowest BCUT2D eigenvalue weighted by molar-refractivity contribution is -0.116. The second-order valence-corrected chi connectivity index (χ2v) is 6.77. The molecular formula is C20H23N5O2. The average molecular weight is 365 g/mol. The van der Waals surface area contributed by atoms with Crippen LogP contribution in [-0.4, -0.2) is 39.1 Å². The van der Waals surface area contributed by atoms with E-state index in [0.717, 1.165) is 43.0 Å². The first-order valence-electron chi connectivity index (χ1n) is 9.30. The molecule has 2 N–H and O–H groups in total. The topological polar surface area (TPSA) is 84.8 Å². The van der Waals surface area contributed by atoms with Gasteiger partial charge in [-0.15, -0.1) is 0 Å². The Bertz CT molecular complexity index is 881. The molecule has 2 aromatic heterocycles. The van der Waals surface area contributed by atoms with Crippen LogP contribution >= 0.6 is 0 Å². The van der Waals surface area contributed by atoms with Crippen molar-refractivity contribution in [1.29, 1.82) is 0 Å². The van der Waals surface area contributed by atoms with Crippen molar-refractivity contribution in [2.45, 2.75) is 31.6 Å². The Balaban J connectivity index is 1.29. The van der Waals surface area contributed by atoms with E-state index in [1.54, 1.807) is 6.20 Å². The quantitative estimate of drug-likeness (QED) is 0.703. The van der Waals surface area contributed by atoms with Crippen LogP contribution in [0.2, 0.25) is 0 Å². The molecule has 0 aliphatic carbocycles. The predicted octanol–water partition coefficient (Wildman–Crippen LogP) is 3.06. The van der Waals surface area contributed by atoms with E-state index in [0.29, 0.717) is 24.6 Å². The Hall–Kier alpha value is -2.93. The fraction of sp³-hybridized carbons (Fsp3) is 0.350. The van der Waals surface area contributed by atoms with Gasteiger partial charge in [-0.1, -0.05) is 18.2 Å². The van der Waals surface area contributed by atoms with Crippen LogP contribution in [0.4, 0.5) is 5.82 Å². The van der Waals surface area contributed by atoms with Gasteiger partial charge in [-0.25, -0.2) is 4.68 Å². The number of nitrogens with zero attached hydrogens (tertiary/aromatic N) is 3. The van der Waals surface area contributed by atoms with E-state index in [1.165, 1.54) is 0 Å². The number of aryl methyl sites for hydroxylation is 1. The van der Waals surface area contributed by atoms with E-state index in [4.69, 9.17) is 4.74 Å². The molecule has 1 saturated heterocycles. The van der Waals surface area contributed by atoms with Crippen LogP contribution < -0.4 is 5.32 Å². The van der Waals surface area contributed by atoms with Gasteiger partial charge in [0.25, 0.3) is 0 Å². The van der Waals surface area contributed by atoms with E-state index >= 15 is 0 Å². The number of anilines is 1. The summed E-state index contributed by atoms with van der Waals surface area (Å²) in [5, 5.41) is 14.5. The molecule has 1 fully saturated rings. The molecule has 1 aliphatic heterocycles. The third kappa shape index (κ3) is 4.43. The lowest BCUT2D eigenvalue weighted by atomic mass is 9.97. The fourth-order valence-electron chi connectivity index (χ4n) is 3.29. The van der Waals surface area contributed by atoms with Gasteiger partial charge in [0.15, 0.2) is 5.82 Å². The number of hydrogen-bond acceptors (Lipinski definition) is 4. The highest BCUT2D eigenvalue weighted by molar-refractivity contribution is 5.89. The zero-order valence-electron chi connectivity index (χ0n) is 15.1. The van der Waals surface area contributed by atoms with Gasteiger partial charge in [-0.2, -0.15) is 10.2 Å². The first kappa shape index (κ1) is 17.5. The molecule has 0 radical (unpaired) electrons. The van der Waals surface area contributed by atoms with Crippen LogP contribution in [0.3, 0.4) is 0 Å². The zero-order chi connectivity index (χ0) is 18.5. The summed E-state index contributed by atoms with van der Waals surface area (Å²) < 4.78 is 7.21. The summed E-state index contributed by atoms with van der Waals surface area (Å²) in [4.78, 5) is 12.2. The molecular weight excluding hydrogens is 342 g/mol. The van der Waals surface area contributed by atoms with Crippen LogP contribution in [0.15, 0.2) is 48.8 Å². The summed E-state index contributed by atoms with van der Waals surface area (Å²) in [6, 6.07) is 11.8. The maximum Gasteiger partial charge on any atom is 0.225 e. The minimum Gasteiger partial charge on any atom is -0.381 e. The molecule has 0 spiro atoms. The van der Waals surface area contributed by atoms with Crippen molar-refractivity contribution in [2.24, 2.45) is 0 Å². The number of nitrogens with one attached hydrogen (secondary N) is 2. The molecule has 0 atom stereocenters. The number of aromatic nitrogens is 4. The highest BCUT2D eigenvalue weighted by Gasteiger charge is 2.18. The number of para-hydroxylation sites is 1. The highest BCUT2D eigenvalue weighted by Crippen LogP contribution is 2.26. The minimum atomic E-state index is -0.0486. The molecule has 3 heterocycles. The van der Waals surface area contributed by atoms with Gasteiger partial charge in [-0.05, 0) is 37.0 Å². The van der Waals surface area contributed by atoms with Gasteiger partial charge >= 0.3 is 0 Å². The van der Waals surface area contributed by atoms with Gasteiger partial charge < -0.3 is 10.1 Å². The highest BCUT2D eigenvalue weighted by atomic mass is 16.5. The third-order valence-corrected chi connectivity index (χ3v) is 4.82. The van der Waals surface area contributed by atoms with Crippen LogP contribution in [0.5, 0.6) is 0 Å². The largest absolute Gasteiger partial charge is 0.381 e. The van der Waals surface area contributed by atoms with E-state index in [-0.39, 0.29) is 5.91 Å². The van der Waals surface area contributed by atoms with Gasteiger partial charge in [0.2, 0.25) is 5.91 Å². The molecule has 27 heavy (non-hydrogen) atoms. The van der Waals surface area contributed by atoms with Crippen LogP contribution in [-0.2, 0) is 16.0 Å². The summed E-state index contributed by atoms with van der Waals surface area (Å²) in [5.74, 6) is 0.967. The van der Waals surface area contributed by atoms with E-state index in [2.05, 4.69) is 20.6 Å². The first-order chi connectivity index (χ1) is 13.3. The molecule has 0 saturated carbocycles. The summed E-state index contributed by atoms with van der Waals surface area (Å²) in [7, 11) is 0. The van der Waals surface area contributed by atoms with Crippen molar-refractivity contribution in [2.75, 3.05) is 18.5 Å². The normalized spacial score (nSPS) is 15.0. The zero-order valence-corrected chi connectivity index (χ0v) is 15.1. The molecule has 1 aliphatic rings. The number of H-pyrrole nitrogens is 1. The van der Waals surface area contributed by atoms with Gasteiger partial charge in [0.1, 0.15) is 0 Å². The predicted molar refractivity (Wildman–Crippen MR) is 102 cm³/mol. The number of hydrogen-bond donors (Lipinski definition) is 2. The molecule has 7 heteroatoms. The molecule has 4 rings (SSSR count). The first-order valence-corrected chi connectivity index (χ1v) is 9.30. The molecule has 3 aromatic rings. The van der Waals surface area contributed by atoms with Crippen molar-refractivity contribution >= 4 is 11.7 Å². The monoisotopic (exact) mass is 365 g/mol. The molecule has 1 amide bonds. The Morgan fingerprint density at radius 3 is 2.89 bits per heavy atom. The van der Waals surface area contributed by atoms with Crippen LogP contribution in [0, 0.1) is 0 Å². The van der Waals surface area contributed by atoms with Crippen LogP contribution in [0.25, 0.3) is 5.69 Å². The fourth-order valence-corrected chi connectivity index (χ4v) is 3.29. The van der Waals surface area contributed by atoms with Crippen molar-refractivity contribution in [3.05, 3.63) is 60.0 Å². The third-order valence-electron chi connectivity index (χ3n) is 4.82. The Morgan fingerprint density at radius 2 is 2.07 bits per heavy atom. The van der Waals surface area contributed by atoms with E-state index in [1.807, 2.05) is 47.3 Å². The standard InChI is InChI=1S/C20H23N5O2/c26-20(22-19-12-18(23-24-19)16-8-10-27-11-9-16)7-6-15-13-21-25(14-15)17-4-2-1-3-5-17/h1-5,12-14,16H,6-11H2,(H2,22,23,24,26). The number of carbonyl (C=O) groups excluding carboxylic acids is 1. The second kappa shape index (κ2) is 8.18. The van der Waals surface area contributed by atoms with Gasteiger partial charge in [0.05, 0.1) is 11.9 Å². The lowest BCUT2D eigenvalue weighted by Crippen LogP contribution is -2.14. The number of aromatic amines is 1. The lowest BCUT2D eigenvalue weighted by Gasteiger charge is -2.20. The number of benzene rings is 1. The number of amides is 1. The number of rotatable bonds is 6. The summed E-state index contributed by atoms with van der Waals surface area (Å²) in [5.41, 5.74) is 3.10. The summed E-state index contributed by atoms with van der Waals surface area (Å²) in [6.45, 7) is 1.56. The molecule has 0 bridgehead atoms. The minimum absolute atomic E-state index is 0.0486. The van der Waals surface area contributed by atoms with Crippen molar-refractivity contribution in [3.63, 3.8) is 0 Å².